The van der Waals surface area contributed by atoms with Gasteiger partial charge in [0.05, 0.1) is 11.4 Å². The van der Waals surface area contributed by atoms with Crippen molar-refractivity contribution in [2.45, 2.75) is 27.2 Å². The summed E-state index contributed by atoms with van der Waals surface area (Å²) >= 11 is 0. The maximum Gasteiger partial charge on any atom is 0.340 e. The van der Waals surface area contributed by atoms with E-state index in [4.69, 9.17) is 5.11 Å². The molecule has 0 unspecified atom stereocenters. The summed E-state index contributed by atoms with van der Waals surface area (Å²) < 4.78 is 39.4. The molecule has 5 nitrogen and oxygen atoms in total. The van der Waals surface area contributed by atoms with Gasteiger partial charge in [0.1, 0.15) is 11.4 Å². The Morgan fingerprint density at radius 2 is 1.95 bits per heavy atom. The fourth-order valence-electron chi connectivity index (χ4n) is 1.49. The second kappa shape index (κ2) is 5.78. The molecular weight excluding hydrogens is 285 g/mol. The number of benzene rings is 1. The van der Waals surface area contributed by atoms with Crippen molar-refractivity contribution in [1.29, 1.82) is 0 Å². The number of carbonyl (C=O) groups is 1. The fraction of sp³-hybridized carbons (Fsp3) is 0.462. The molecule has 1 aromatic carbocycles. The molecule has 1 rings (SSSR count). The normalized spacial score (nSPS) is 12.2. The van der Waals surface area contributed by atoms with Crippen LogP contribution in [0.1, 0.15) is 37.6 Å². The highest BCUT2D eigenvalue weighted by Gasteiger charge is 2.21. The van der Waals surface area contributed by atoms with Gasteiger partial charge < -0.3 is 5.11 Å². The Hall–Kier alpha value is -1.63. The number of carboxylic acid groups (broad SMARTS) is 1. The SMILES string of the molecule is CC(C)(C)CCS(=O)(=O)Nc1cccc(F)c1C(=O)O. The van der Waals surface area contributed by atoms with E-state index in [1.165, 1.54) is 12.1 Å². The maximum atomic E-state index is 13.4. The highest BCUT2D eigenvalue weighted by Crippen LogP contribution is 2.23. The van der Waals surface area contributed by atoms with Gasteiger partial charge >= 0.3 is 5.97 Å². The van der Waals surface area contributed by atoms with Crippen LogP contribution in [0.4, 0.5) is 10.1 Å². The molecule has 7 heteroatoms. The Balaban J connectivity index is 2.99. The van der Waals surface area contributed by atoms with Crippen molar-refractivity contribution in [3.05, 3.63) is 29.6 Å². The first-order chi connectivity index (χ1) is 9.02. The molecule has 0 spiro atoms. The van der Waals surface area contributed by atoms with Crippen LogP contribution in [0.15, 0.2) is 18.2 Å². The number of aromatic carboxylic acids is 1. The van der Waals surface area contributed by atoms with Crippen LogP contribution < -0.4 is 4.72 Å². The molecule has 0 fully saturated rings. The molecule has 0 saturated carbocycles. The predicted octanol–water partition coefficient (Wildman–Crippen LogP) is 2.70. The molecule has 0 amide bonds. The average Bonchev–Trinajstić information content (AvgIpc) is 2.24. The quantitative estimate of drug-likeness (QED) is 0.876. The van der Waals surface area contributed by atoms with Gasteiger partial charge in [-0.3, -0.25) is 4.72 Å². The van der Waals surface area contributed by atoms with E-state index in [1.54, 1.807) is 0 Å². The van der Waals surface area contributed by atoms with Crippen molar-refractivity contribution >= 4 is 21.7 Å². The molecule has 0 bridgehead atoms. The largest absolute Gasteiger partial charge is 0.478 e. The Kier molecular flexibility index (Phi) is 4.75. The smallest absolute Gasteiger partial charge is 0.340 e. The lowest BCUT2D eigenvalue weighted by atomic mass is 9.94. The van der Waals surface area contributed by atoms with Crippen LogP contribution in [0.3, 0.4) is 0 Å². The van der Waals surface area contributed by atoms with Crippen LogP contribution >= 0.6 is 0 Å². The fourth-order valence-corrected chi connectivity index (χ4v) is 2.97. The van der Waals surface area contributed by atoms with Gasteiger partial charge in [-0.25, -0.2) is 17.6 Å². The van der Waals surface area contributed by atoms with E-state index in [2.05, 4.69) is 4.72 Å². The number of hydrogen-bond acceptors (Lipinski definition) is 3. The van der Waals surface area contributed by atoms with Gasteiger partial charge in [0, 0.05) is 0 Å². The zero-order chi connectivity index (χ0) is 15.6. The number of carboxylic acids is 1. The lowest BCUT2D eigenvalue weighted by molar-refractivity contribution is 0.0693. The van der Waals surface area contributed by atoms with Gasteiger partial charge in [0.15, 0.2) is 0 Å². The number of rotatable bonds is 5. The first kappa shape index (κ1) is 16.4. The number of sulfonamides is 1. The van der Waals surface area contributed by atoms with Crippen LogP contribution in [-0.4, -0.2) is 25.2 Å². The van der Waals surface area contributed by atoms with Crippen molar-refractivity contribution < 1.29 is 22.7 Å². The number of hydrogen-bond donors (Lipinski definition) is 2. The molecule has 112 valence electrons. The van der Waals surface area contributed by atoms with E-state index in [1.807, 2.05) is 20.8 Å². The Morgan fingerprint density at radius 1 is 1.35 bits per heavy atom. The molecule has 1 aromatic rings. The lowest BCUT2D eigenvalue weighted by Gasteiger charge is -2.18. The molecule has 0 aliphatic rings. The van der Waals surface area contributed by atoms with Crippen LogP contribution in [0.5, 0.6) is 0 Å². The highest BCUT2D eigenvalue weighted by atomic mass is 32.2. The van der Waals surface area contributed by atoms with Gasteiger partial charge in [-0.1, -0.05) is 26.8 Å². The maximum absolute atomic E-state index is 13.4. The van der Waals surface area contributed by atoms with Gasteiger partial charge in [0.25, 0.3) is 0 Å². The second-order valence-corrected chi connectivity index (χ2v) is 7.54. The van der Waals surface area contributed by atoms with Gasteiger partial charge in [-0.15, -0.1) is 0 Å². The molecular formula is C13H18FNO4S. The molecule has 0 aliphatic carbocycles. The zero-order valence-corrected chi connectivity index (χ0v) is 12.4. The molecule has 0 heterocycles. The van der Waals surface area contributed by atoms with Crippen molar-refractivity contribution in [2.24, 2.45) is 5.41 Å². The standard InChI is InChI=1S/C13H18FNO4S/c1-13(2,3)7-8-20(18,19)15-10-6-4-5-9(14)11(10)12(16)17/h4-6,15H,7-8H2,1-3H3,(H,16,17). The third-order valence-electron chi connectivity index (χ3n) is 2.61. The Morgan fingerprint density at radius 3 is 2.45 bits per heavy atom. The predicted molar refractivity (Wildman–Crippen MR) is 74.8 cm³/mol. The average molecular weight is 303 g/mol. The third-order valence-corrected chi connectivity index (χ3v) is 3.89. The minimum atomic E-state index is -3.72. The lowest BCUT2D eigenvalue weighted by Crippen LogP contribution is -2.22. The first-order valence-electron chi connectivity index (χ1n) is 6.04. The summed E-state index contributed by atoms with van der Waals surface area (Å²) in [5, 5.41) is 8.93. The van der Waals surface area contributed by atoms with Crippen LogP contribution in [0.25, 0.3) is 0 Å². The van der Waals surface area contributed by atoms with Crippen LogP contribution in [-0.2, 0) is 10.0 Å². The summed E-state index contributed by atoms with van der Waals surface area (Å²) in [5.74, 6) is -2.66. The zero-order valence-electron chi connectivity index (χ0n) is 11.6. The van der Waals surface area contributed by atoms with Crippen LogP contribution in [0.2, 0.25) is 0 Å². The number of nitrogens with one attached hydrogen (secondary N) is 1. The molecule has 0 saturated heterocycles. The number of halogens is 1. The van der Waals surface area contributed by atoms with E-state index >= 15 is 0 Å². The second-order valence-electron chi connectivity index (χ2n) is 5.70. The van der Waals surface area contributed by atoms with Crippen molar-refractivity contribution in [3.8, 4) is 0 Å². The summed E-state index contributed by atoms with van der Waals surface area (Å²) in [6, 6.07) is 3.45. The molecule has 0 aliphatic heterocycles. The summed E-state index contributed by atoms with van der Waals surface area (Å²) in [5.41, 5.74) is -1.11. The summed E-state index contributed by atoms with van der Waals surface area (Å²) in [6.45, 7) is 5.69. The van der Waals surface area contributed by atoms with E-state index in [0.717, 1.165) is 6.07 Å². The first-order valence-corrected chi connectivity index (χ1v) is 7.69. The van der Waals surface area contributed by atoms with Crippen molar-refractivity contribution in [2.75, 3.05) is 10.5 Å². The van der Waals surface area contributed by atoms with E-state index in [9.17, 15) is 17.6 Å². The molecule has 2 N–H and O–H groups in total. The minimum Gasteiger partial charge on any atom is -0.478 e. The monoisotopic (exact) mass is 303 g/mol. The summed E-state index contributed by atoms with van der Waals surface area (Å²) in [6.07, 6.45) is 0.403. The Bertz CT molecular complexity index is 605. The minimum absolute atomic E-state index is 0.161. The molecule has 0 atom stereocenters. The van der Waals surface area contributed by atoms with Crippen molar-refractivity contribution in [3.63, 3.8) is 0 Å². The van der Waals surface area contributed by atoms with Crippen LogP contribution in [0, 0.1) is 11.2 Å². The van der Waals surface area contributed by atoms with E-state index in [0.29, 0.717) is 6.42 Å². The summed E-state index contributed by atoms with van der Waals surface area (Å²) in [4.78, 5) is 11.0. The van der Waals surface area contributed by atoms with Gasteiger partial charge in [0.2, 0.25) is 10.0 Å². The van der Waals surface area contributed by atoms with E-state index in [-0.39, 0.29) is 16.9 Å². The molecule has 0 radical (unpaired) electrons. The topological polar surface area (TPSA) is 83.5 Å². The number of anilines is 1. The highest BCUT2D eigenvalue weighted by molar-refractivity contribution is 7.92. The third kappa shape index (κ3) is 4.80. The Labute approximate surface area is 117 Å². The molecule has 20 heavy (non-hydrogen) atoms. The van der Waals surface area contributed by atoms with Gasteiger partial charge in [-0.05, 0) is 24.0 Å². The van der Waals surface area contributed by atoms with Gasteiger partial charge in [-0.2, -0.15) is 0 Å². The molecule has 0 aromatic heterocycles. The van der Waals surface area contributed by atoms with E-state index < -0.39 is 27.4 Å². The summed E-state index contributed by atoms with van der Waals surface area (Å²) in [7, 11) is -3.72. The van der Waals surface area contributed by atoms with Crippen molar-refractivity contribution in [1.82, 2.24) is 0 Å².